The highest BCUT2D eigenvalue weighted by molar-refractivity contribution is 9.10. The van der Waals surface area contributed by atoms with Crippen molar-refractivity contribution >= 4 is 44.3 Å². The smallest absolute Gasteiger partial charge is 0.224 e. The van der Waals surface area contributed by atoms with Crippen LogP contribution in [0.2, 0.25) is 0 Å². The number of hydrogen-bond acceptors (Lipinski definition) is 4. The highest BCUT2D eigenvalue weighted by Crippen LogP contribution is 2.31. The van der Waals surface area contributed by atoms with Crippen molar-refractivity contribution in [1.29, 1.82) is 0 Å². The van der Waals surface area contributed by atoms with Gasteiger partial charge in [-0.1, -0.05) is 24.3 Å². The van der Waals surface area contributed by atoms with Crippen LogP contribution in [-0.4, -0.2) is 17.0 Å². The fourth-order valence-electron chi connectivity index (χ4n) is 2.16. The van der Waals surface area contributed by atoms with Crippen molar-refractivity contribution in [3.63, 3.8) is 0 Å². The summed E-state index contributed by atoms with van der Waals surface area (Å²) in [5, 5.41) is 7.38. The molecule has 2 aromatic carbocycles. The maximum absolute atomic E-state index is 4.53. The van der Waals surface area contributed by atoms with Crippen molar-refractivity contribution in [2.24, 2.45) is 0 Å². The van der Waals surface area contributed by atoms with Crippen molar-refractivity contribution < 1.29 is 0 Å². The molecule has 0 saturated carbocycles. The first kappa shape index (κ1) is 13.8. The lowest BCUT2D eigenvalue weighted by molar-refractivity contribution is 1.19. The lowest BCUT2D eigenvalue weighted by atomic mass is 10.2. The molecule has 0 bridgehead atoms. The molecule has 0 aliphatic rings. The highest BCUT2D eigenvalue weighted by Gasteiger charge is 2.09. The van der Waals surface area contributed by atoms with E-state index in [0.29, 0.717) is 5.95 Å². The van der Waals surface area contributed by atoms with Crippen molar-refractivity contribution in [2.75, 3.05) is 17.7 Å². The summed E-state index contributed by atoms with van der Waals surface area (Å²) in [6.07, 6.45) is 0. The van der Waals surface area contributed by atoms with Crippen LogP contribution >= 0.6 is 15.9 Å². The molecule has 0 atom stereocenters. The summed E-state index contributed by atoms with van der Waals surface area (Å²) < 4.78 is 1.04. The molecule has 0 saturated heterocycles. The van der Waals surface area contributed by atoms with Crippen molar-refractivity contribution in [3.8, 4) is 0 Å². The van der Waals surface area contributed by atoms with E-state index in [4.69, 9.17) is 0 Å². The molecular weight excluding hydrogens is 328 g/mol. The van der Waals surface area contributed by atoms with Crippen molar-refractivity contribution in [2.45, 2.75) is 6.92 Å². The molecule has 0 aliphatic carbocycles. The van der Waals surface area contributed by atoms with Crippen LogP contribution in [0.3, 0.4) is 0 Å². The molecule has 0 unspecified atom stereocenters. The third kappa shape index (κ3) is 2.69. The SMILES string of the molecule is CNc1nc(Nc2cccc(C)c2Br)c2ccccc2n1. The first-order valence-corrected chi connectivity index (χ1v) is 7.45. The number of nitrogens with one attached hydrogen (secondary N) is 2. The molecule has 0 amide bonds. The second-order valence-corrected chi connectivity index (χ2v) is 5.52. The largest absolute Gasteiger partial charge is 0.357 e. The van der Waals surface area contributed by atoms with Crippen molar-refractivity contribution in [1.82, 2.24) is 9.97 Å². The molecule has 0 spiro atoms. The Hall–Kier alpha value is -2.14. The lowest BCUT2D eigenvalue weighted by Crippen LogP contribution is -2.02. The zero-order valence-electron chi connectivity index (χ0n) is 11.8. The van der Waals surface area contributed by atoms with Crippen LogP contribution in [0.1, 0.15) is 5.56 Å². The zero-order valence-corrected chi connectivity index (χ0v) is 13.4. The van der Waals surface area contributed by atoms with Crippen LogP contribution in [0.5, 0.6) is 0 Å². The predicted octanol–water partition coefficient (Wildman–Crippen LogP) is 4.49. The van der Waals surface area contributed by atoms with E-state index in [1.54, 1.807) is 0 Å². The number of fused-ring (bicyclic) bond motifs is 1. The summed E-state index contributed by atoms with van der Waals surface area (Å²) in [6, 6.07) is 14.1. The Morgan fingerprint density at radius 2 is 1.81 bits per heavy atom. The first-order valence-electron chi connectivity index (χ1n) is 6.65. The normalized spacial score (nSPS) is 10.6. The summed E-state index contributed by atoms with van der Waals surface area (Å²) >= 11 is 3.62. The van der Waals surface area contributed by atoms with Crippen LogP contribution in [0.15, 0.2) is 46.9 Å². The van der Waals surface area contributed by atoms with E-state index in [1.807, 2.05) is 43.4 Å². The Labute approximate surface area is 131 Å². The van der Waals surface area contributed by atoms with Crippen LogP contribution in [0, 0.1) is 6.92 Å². The fourth-order valence-corrected chi connectivity index (χ4v) is 2.52. The average Bonchev–Trinajstić information content (AvgIpc) is 2.51. The van der Waals surface area contributed by atoms with Gasteiger partial charge in [-0.15, -0.1) is 0 Å². The molecule has 0 radical (unpaired) electrons. The molecule has 21 heavy (non-hydrogen) atoms. The number of nitrogens with zero attached hydrogens (tertiary/aromatic N) is 2. The topological polar surface area (TPSA) is 49.8 Å². The molecule has 1 aromatic heterocycles. The maximum atomic E-state index is 4.53. The third-order valence-electron chi connectivity index (χ3n) is 3.27. The van der Waals surface area contributed by atoms with Crippen LogP contribution in [0.25, 0.3) is 10.9 Å². The Balaban J connectivity index is 2.13. The van der Waals surface area contributed by atoms with Gasteiger partial charge in [0.05, 0.1) is 11.2 Å². The standard InChI is InChI=1S/C16H15BrN4/c1-10-6-5-9-13(14(10)17)19-15-11-7-3-4-8-12(11)20-16(18-2)21-15/h3-9H,1-2H3,(H2,18,19,20,21). The van der Waals surface area contributed by atoms with E-state index >= 15 is 0 Å². The van der Waals surface area contributed by atoms with Gasteiger partial charge in [-0.25, -0.2) is 4.98 Å². The maximum Gasteiger partial charge on any atom is 0.224 e. The van der Waals surface area contributed by atoms with E-state index in [2.05, 4.69) is 49.5 Å². The minimum absolute atomic E-state index is 0.597. The molecule has 4 nitrogen and oxygen atoms in total. The molecule has 5 heteroatoms. The van der Waals surface area contributed by atoms with E-state index in [9.17, 15) is 0 Å². The molecule has 3 aromatic rings. The van der Waals surface area contributed by atoms with Crippen LogP contribution in [0.4, 0.5) is 17.5 Å². The van der Waals surface area contributed by atoms with Crippen molar-refractivity contribution in [3.05, 3.63) is 52.5 Å². The molecular formula is C16H15BrN4. The number of hydrogen-bond donors (Lipinski definition) is 2. The summed E-state index contributed by atoms with van der Waals surface area (Å²) in [7, 11) is 1.82. The van der Waals surface area contributed by atoms with Gasteiger partial charge in [0.25, 0.3) is 0 Å². The van der Waals surface area contributed by atoms with Gasteiger partial charge in [-0.3, -0.25) is 0 Å². The van der Waals surface area contributed by atoms with Gasteiger partial charge in [0.15, 0.2) is 0 Å². The van der Waals surface area contributed by atoms with Gasteiger partial charge in [0, 0.05) is 16.9 Å². The number of aromatic nitrogens is 2. The number of anilines is 3. The predicted molar refractivity (Wildman–Crippen MR) is 91.2 cm³/mol. The summed E-state index contributed by atoms with van der Waals surface area (Å²) in [4.78, 5) is 8.99. The highest BCUT2D eigenvalue weighted by atomic mass is 79.9. The summed E-state index contributed by atoms with van der Waals surface area (Å²) in [6.45, 7) is 2.06. The molecule has 106 valence electrons. The monoisotopic (exact) mass is 342 g/mol. The summed E-state index contributed by atoms with van der Waals surface area (Å²) in [5.74, 6) is 1.39. The first-order chi connectivity index (χ1) is 10.2. The molecule has 3 rings (SSSR count). The van der Waals surface area contributed by atoms with Crippen LogP contribution < -0.4 is 10.6 Å². The van der Waals surface area contributed by atoms with Gasteiger partial charge in [-0.2, -0.15) is 4.98 Å². The minimum atomic E-state index is 0.597. The number of halogens is 1. The number of aryl methyl sites for hydroxylation is 1. The molecule has 1 heterocycles. The Morgan fingerprint density at radius 3 is 2.62 bits per heavy atom. The summed E-state index contributed by atoms with van der Waals surface area (Å²) in [5.41, 5.74) is 3.07. The average molecular weight is 343 g/mol. The third-order valence-corrected chi connectivity index (χ3v) is 4.32. The second-order valence-electron chi connectivity index (χ2n) is 4.72. The number of benzene rings is 2. The minimum Gasteiger partial charge on any atom is -0.357 e. The van der Waals surface area contributed by atoms with Crippen LogP contribution in [-0.2, 0) is 0 Å². The zero-order chi connectivity index (χ0) is 14.8. The van der Waals surface area contributed by atoms with Gasteiger partial charge >= 0.3 is 0 Å². The van der Waals surface area contributed by atoms with E-state index in [0.717, 1.165) is 26.9 Å². The van der Waals surface area contributed by atoms with E-state index in [-0.39, 0.29) is 0 Å². The van der Waals surface area contributed by atoms with Gasteiger partial charge < -0.3 is 10.6 Å². The number of para-hydroxylation sites is 1. The lowest BCUT2D eigenvalue weighted by Gasteiger charge is -2.12. The second kappa shape index (κ2) is 5.69. The Kier molecular flexibility index (Phi) is 3.75. The Morgan fingerprint density at radius 1 is 1.00 bits per heavy atom. The molecule has 2 N–H and O–H groups in total. The van der Waals surface area contributed by atoms with E-state index < -0.39 is 0 Å². The molecule has 0 fully saturated rings. The van der Waals surface area contributed by atoms with E-state index in [1.165, 1.54) is 5.56 Å². The number of rotatable bonds is 3. The van der Waals surface area contributed by atoms with Gasteiger partial charge in [0.1, 0.15) is 5.82 Å². The quantitative estimate of drug-likeness (QED) is 0.736. The molecule has 0 aliphatic heterocycles. The fraction of sp³-hybridized carbons (Fsp3) is 0.125. The van der Waals surface area contributed by atoms with Gasteiger partial charge in [-0.05, 0) is 46.6 Å². The van der Waals surface area contributed by atoms with Gasteiger partial charge in [0.2, 0.25) is 5.95 Å². The Bertz CT molecular complexity index is 801.